The van der Waals surface area contributed by atoms with Gasteiger partial charge in [-0.05, 0) is 12.1 Å². The van der Waals surface area contributed by atoms with Crippen molar-refractivity contribution in [1.29, 1.82) is 0 Å². The number of hydrogen-bond acceptors (Lipinski definition) is 4. The molecule has 0 saturated carbocycles. The highest BCUT2D eigenvalue weighted by Gasteiger charge is 2.34. The third kappa shape index (κ3) is 2.93. The van der Waals surface area contributed by atoms with Crippen molar-refractivity contribution in [2.24, 2.45) is 10.1 Å². The van der Waals surface area contributed by atoms with Gasteiger partial charge >= 0.3 is 6.18 Å². The first-order valence-electron chi connectivity index (χ1n) is 5.30. The smallest absolute Gasteiger partial charge is 0.419 e. The first kappa shape index (κ1) is 14.4. The van der Waals surface area contributed by atoms with E-state index in [-0.39, 0.29) is 10.7 Å². The van der Waals surface area contributed by atoms with Gasteiger partial charge in [-0.2, -0.15) is 21.6 Å². The fraction of sp³-hybridized carbons (Fsp3) is 0.182. The second-order valence-electron chi connectivity index (χ2n) is 3.88. The minimum atomic E-state index is -4.59. The highest BCUT2D eigenvalue weighted by atomic mass is 32.2. The molecular weight excluding hydrogens is 297 g/mol. The Bertz CT molecular complexity index is 693. The van der Waals surface area contributed by atoms with Crippen LogP contribution in [-0.2, 0) is 16.2 Å². The van der Waals surface area contributed by atoms with E-state index >= 15 is 0 Å². The molecule has 0 atom stereocenters. The summed E-state index contributed by atoms with van der Waals surface area (Å²) in [5.41, 5.74) is 4.25. The molecule has 0 aromatic heterocycles. The lowest BCUT2D eigenvalue weighted by molar-refractivity contribution is -0.138. The lowest BCUT2D eigenvalue weighted by Gasteiger charge is -2.13. The van der Waals surface area contributed by atoms with Gasteiger partial charge in [0.2, 0.25) is 0 Å². The van der Waals surface area contributed by atoms with Gasteiger partial charge in [-0.15, -0.1) is 4.40 Å². The number of hydrogen-bond donors (Lipinski definition) is 1. The van der Waals surface area contributed by atoms with Crippen LogP contribution in [0.2, 0.25) is 0 Å². The van der Waals surface area contributed by atoms with Crippen LogP contribution in [0.25, 0.3) is 0 Å². The molecule has 0 aliphatic carbocycles. The van der Waals surface area contributed by atoms with Gasteiger partial charge < -0.3 is 10.5 Å². The van der Waals surface area contributed by atoms with E-state index in [4.69, 9.17) is 10.5 Å². The summed E-state index contributed by atoms with van der Waals surface area (Å²) in [6, 6.07) is 4.52. The summed E-state index contributed by atoms with van der Waals surface area (Å²) in [4.78, 5) is -0.285. The number of nitrogens with zero attached hydrogens (tertiary/aromatic N) is 1. The molecule has 0 fully saturated rings. The van der Waals surface area contributed by atoms with Crippen molar-refractivity contribution in [1.82, 2.24) is 0 Å². The Morgan fingerprint density at radius 1 is 1.25 bits per heavy atom. The normalized spacial score (nSPS) is 17.6. The fourth-order valence-corrected chi connectivity index (χ4v) is 2.48. The van der Waals surface area contributed by atoms with Crippen LogP contribution >= 0.6 is 0 Å². The maximum absolute atomic E-state index is 12.7. The number of sulfonamides is 1. The Hall–Kier alpha value is -2.03. The van der Waals surface area contributed by atoms with Crippen LogP contribution in [0.3, 0.4) is 0 Å². The van der Waals surface area contributed by atoms with Crippen molar-refractivity contribution < 1.29 is 26.3 Å². The van der Waals surface area contributed by atoms with Crippen molar-refractivity contribution in [3.05, 3.63) is 40.8 Å². The Balaban J connectivity index is 2.20. The van der Waals surface area contributed by atoms with Crippen molar-refractivity contribution in [2.45, 2.75) is 6.18 Å². The molecule has 0 saturated heterocycles. The quantitative estimate of drug-likeness (QED) is 0.921. The minimum absolute atomic E-state index is 0.229. The fourth-order valence-electron chi connectivity index (χ4n) is 1.55. The summed E-state index contributed by atoms with van der Waals surface area (Å²) in [5, 5.41) is 0. The van der Waals surface area contributed by atoms with Crippen molar-refractivity contribution in [3.63, 3.8) is 0 Å². The van der Waals surface area contributed by atoms with Crippen LogP contribution in [0, 0.1) is 0 Å². The molecule has 20 heavy (non-hydrogen) atoms. The summed E-state index contributed by atoms with van der Waals surface area (Å²) >= 11 is 0. The summed E-state index contributed by atoms with van der Waals surface area (Å²) in [6.45, 7) is -0.570. The summed E-state index contributed by atoms with van der Waals surface area (Å²) < 4.78 is 69.1. The van der Waals surface area contributed by atoms with E-state index in [1.54, 1.807) is 0 Å². The number of alkyl halides is 3. The highest BCUT2D eigenvalue weighted by molar-refractivity contribution is 7.94. The topological polar surface area (TPSA) is 81.8 Å². The second-order valence-corrected chi connectivity index (χ2v) is 5.54. The monoisotopic (exact) mass is 306 g/mol. The van der Waals surface area contributed by atoms with Crippen LogP contribution in [0.4, 0.5) is 13.2 Å². The van der Waals surface area contributed by atoms with Gasteiger partial charge in [0.25, 0.3) is 10.0 Å². The molecule has 1 aliphatic rings. The molecule has 0 bridgehead atoms. The molecule has 0 spiro atoms. The molecule has 1 aromatic rings. The molecule has 1 heterocycles. The molecule has 0 unspecified atom stereocenters. The van der Waals surface area contributed by atoms with Gasteiger partial charge in [-0.1, -0.05) is 12.1 Å². The van der Waals surface area contributed by atoms with E-state index in [1.807, 2.05) is 0 Å². The first-order chi connectivity index (χ1) is 9.20. The Labute approximate surface area is 112 Å². The summed E-state index contributed by atoms with van der Waals surface area (Å²) in [5.74, 6) is -0.686. The third-order valence-corrected chi connectivity index (χ3v) is 3.78. The van der Waals surface area contributed by atoms with Gasteiger partial charge in [0.15, 0.2) is 0 Å². The molecule has 0 amide bonds. The Kier molecular flexibility index (Phi) is 3.46. The maximum atomic E-state index is 12.7. The van der Waals surface area contributed by atoms with Crippen LogP contribution in [0.1, 0.15) is 5.56 Å². The molecule has 2 N–H and O–H groups in total. The van der Waals surface area contributed by atoms with Crippen LogP contribution in [-0.4, -0.2) is 20.9 Å². The standard InChI is InChI=1S/C11H9F3N2O3S/c12-11(13,14)8-3-1-2-4-9(8)19-6-7-5-10(15)16-20(7,17)18/h1-5H,6H2,(H2,15,16). The number of halogens is 3. The van der Waals surface area contributed by atoms with E-state index in [9.17, 15) is 21.6 Å². The molecule has 0 radical (unpaired) electrons. The van der Waals surface area contributed by atoms with Gasteiger partial charge in [0, 0.05) is 6.08 Å². The SMILES string of the molecule is NC1=NS(=O)(=O)C(COc2ccccc2C(F)(F)F)=C1. The predicted octanol–water partition coefficient (Wildman–Crippen LogP) is 1.67. The summed E-state index contributed by atoms with van der Waals surface area (Å²) in [6.07, 6.45) is -3.54. The van der Waals surface area contributed by atoms with E-state index < -0.39 is 34.1 Å². The highest BCUT2D eigenvalue weighted by Crippen LogP contribution is 2.36. The van der Waals surface area contributed by atoms with Gasteiger partial charge in [-0.3, -0.25) is 0 Å². The van der Waals surface area contributed by atoms with E-state index in [0.717, 1.165) is 18.2 Å². The predicted molar refractivity (Wildman–Crippen MR) is 65.6 cm³/mol. The van der Waals surface area contributed by atoms with E-state index in [0.29, 0.717) is 0 Å². The van der Waals surface area contributed by atoms with Crippen molar-refractivity contribution >= 4 is 15.9 Å². The Morgan fingerprint density at radius 2 is 1.90 bits per heavy atom. The average molecular weight is 306 g/mol. The molecule has 9 heteroatoms. The van der Waals surface area contributed by atoms with Crippen molar-refractivity contribution in [3.8, 4) is 5.75 Å². The van der Waals surface area contributed by atoms with Crippen LogP contribution in [0.15, 0.2) is 39.6 Å². The number of rotatable bonds is 3. The first-order valence-corrected chi connectivity index (χ1v) is 6.74. The van der Waals surface area contributed by atoms with Gasteiger partial charge in [0.1, 0.15) is 23.1 Å². The van der Waals surface area contributed by atoms with E-state index in [1.165, 1.54) is 12.1 Å². The van der Waals surface area contributed by atoms with Crippen LogP contribution < -0.4 is 10.5 Å². The number of benzene rings is 1. The lowest BCUT2D eigenvalue weighted by atomic mass is 10.2. The molecule has 1 aromatic carbocycles. The minimum Gasteiger partial charge on any atom is -0.487 e. The maximum Gasteiger partial charge on any atom is 0.419 e. The zero-order valence-corrected chi connectivity index (χ0v) is 10.7. The zero-order chi connectivity index (χ0) is 15.0. The zero-order valence-electron chi connectivity index (χ0n) is 9.89. The lowest BCUT2D eigenvalue weighted by Crippen LogP contribution is -2.12. The number of amidine groups is 1. The molecule has 108 valence electrons. The molecule has 5 nitrogen and oxygen atoms in total. The average Bonchev–Trinajstić information content (AvgIpc) is 2.58. The van der Waals surface area contributed by atoms with Gasteiger partial charge in [-0.25, -0.2) is 0 Å². The van der Waals surface area contributed by atoms with Gasteiger partial charge in [0.05, 0.1) is 5.56 Å². The third-order valence-electron chi connectivity index (χ3n) is 2.43. The molecule has 1 aliphatic heterocycles. The van der Waals surface area contributed by atoms with Crippen molar-refractivity contribution in [2.75, 3.05) is 6.61 Å². The number of ether oxygens (including phenoxy) is 1. The Morgan fingerprint density at radius 3 is 2.45 bits per heavy atom. The van der Waals surface area contributed by atoms with Crippen LogP contribution in [0.5, 0.6) is 5.75 Å². The number of para-hydroxylation sites is 1. The second kappa shape index (κ2) is 4.82. The molecular formula is C11H9F3N2O3S. The van der Waals surface area contributed by atoms with E-state index in [2.05, 4.69) is 4.40 Å². The summed E-state index contributed by atoms with van der Waals surface area (Å²) in [7, 11) is -3.94. The number of nitrogens with two attached hydrogens (primary N) is 1. The molecule has 2 rings (SSSR count). The largest absolute Gasteiger partial charge is 0.487 e.